The van der Waals surface area contributed by atoms with Gasteiger partial charge in [0, 0.05) is 28.3 Å². The molecular weight excluding hydrogens is 837 g/mol. The van der Waals surface area contributed by atoms with Crippen LogP contribution in [0.1, 0.15) is 58.0 Å². The normalized spacial score (nSPS) is 12.2. The maximum atomic E-state index is 13.6. The number of aromatic nitrogens is 8. The summed E-state index contributed by atoms with van der Waals surface area (Å²) in [6.45, 7) is 3.88. The Morgan fingerprint density at radius 1 is 0.619 bits per heavy atom. The number of rotatable bonds is 10. The summed E-state index contributed by atoms with van der Waals surface area (Å²) in [6, 6.07) is 31.8. The number of fused-ring (bicyclic) bond motifs is 4. The highest BCUT2D eigenvalue weighted by Crippen LogP contribution is 2.30. The number of carboxylic acids is 1. The number of hydrogen-bond donors (Lipinski definition) is 3. The van der Waals surface area contributed by atoms with E-state index in [1.807, 2.05) is 92.7 Å². The number of carboxylic acid groups (broad SMARTS) is 1. The van der Waals surface area contributed by atoms with Crippen molar-refractivity contribution in [1.29, 1.82) is 0 Å². The third-order valence-corrected chi connectivity index (χ3v) is 11.9. The van der Waals surface area contributed by atoms with E-state index < -0.39 is 11.5 Å². The Labute approximate surface area is 365 Å². The molecule has 0 saturated carbocycles. The van der Waals surface area contributed by atoms with Crippen molar-refractivity contribution >= 4 is 88.8 Å². The van der Waals surface area contributed by atoms with Crippen LogP contribution < -0.4 is 21.8 Å². The van der Waals surface area contributed by atoms with Gasteiger partial charge in [0.2, 0.25) is 0 Å². The SMILES string of the molecule is C[C@H](Nc1ncnc2scnc12)c1cc2cccc(C(=O)O)c2c(=O)n1-c1ccccc1.C[C@H](Nc1ncnc2scnc12)c1cc2cccc(C=O)c2c(=O)n1-c1ccccc1. The van der Waals surface area contributed by atoms with Crippen LogP contribution in [-0.2, 0) is 0 Å². The minimum Gasteiger partial charge on any atom is -0.478 e. The third kappa shape index (κ3) is 7.66. The van der Waals surface area contributed by atoms with Gasteiger partial charge in [0.15, 0.2) is 17.9 Å². The topological polar surface area (TPSA) is 200 Å². The van der Waals surface area contributed by atoms with E-state index in [1.54, 1.807) is 44.4 Å². The summed E-state index contributed by atoms with van der Waals surface area (Å²) in [5.74, 6) is 0.0286. The highest BCUT2D eigenvalue weighted by Gasteiger charge is 2.22. The molecule has 63 heavy (non-hydrogen) atoms. The van der Waals surface area contributed by atoms with Gasteiger partial charge in [-0.25, -0.2) is 34.7 Å². The van der Waals surface area contributed by atoms with E-state index in [1.165, 1.54) is 41.4 Å². The summed E-state index contributed by atoms with van der Waals surface area (Å²) in [7, 11) is 0. The van der Waals surface area contributed by atoms with Crippen molar-refractivity contribution in [3.63, 3.8) is 0 Å². The quantitative estimate of drug-likeness (QED) is 0.110. The molecule has 310 valence electrons. The molecule has 0 radical (unpaired) electrons. The number of aldehydes is 1. The molecule has 0 bridgehead atoms. The van der Waals surface area contributed by atoms with Crippen molar-refractivity contribution in [2.75, 3.05) is 10.6 Å². The Hall–Kier alpha value is -8.02. The minimum atomic E-state index is -1.14. The van der Waals surface area contributed by atoms with Crippen molar-refractivity contribution in [3.05, 3.63) is 176 Å². The number of anilines is 2. The van der Waals surface area contributed by atoms with Crippen molar-refractivity contribution in [1.82, 2.24) is 39.0 Å². The smallest absolute Gasteiger partial charge is 0.336 e. The molecule has 6 heterocycles. The second-order valence-electron chi connectivity index (χ2n) is 14.3. The van der Waals surface area contributed by atoms with Crippen molar-refractivity contribution in [2.45, 2.75) is 25.9 Å². The first kappa shape index (κ1) is 40.4. The average molecular weight is 871 g/mol. The Balaban J connectivity index is 0.000000160. The molecule has 2 atom stereocenters. The molecule has 0 aliphatic carbocycles. The summed E-state index contributed by atoms with van der Waals surface area (Å²) in [5, 5.41) is 18.2. The van der Waals surface area contributed by atoms with Crippen LogP contribution in [0.25, 0.3) is 53.6 Å². The lowest BCUT2D eigenvalue weighted by Gasteiger charge is -2.21. The maximum absolute atomic E-state index is 13.6. The van der Waals surface area contributed by atoms with Gasteiger partial charge in [-0.2, -0.15) is 0 Å². The minimum absolute atomic E-state index is 0.0238. The lowest BCUT2D eigenvalue weighted by molar-refractivity contribution is 0.0698. The van der Waals surface area contributed by atoms with Gasteiger partial charge >= 0.3 is 5.97 Å². The molecule has 0 amide bonds. The molecule has 0 aliphatic heterocycles. The number of benzene rings is 4. The molecule has 15 nitrogen and oxygen atoms in total. The van der Waals surface area contributed by atoms with Gasteiger partial charge in [0.05, 0.1) is 39.4 Å². The first-order valence-corrected chi connectivity index (χ1v) is 21.3. The van der Waals surface area contributed by atoms with E-state index in [0.717, 1.165) is 27.3 Å². The van der Waals surface area contributed by atoms with Crippen LogP contribution in [0.15, 0.2) is 142 Å². The number of thiazole rings is 2. The van der Waals surface area contributed by atoms with Gasteiger partial charge in [0.25, 0.3) is 11.1 Å². The van der Waals surface area contributed by atoms with Crippen molar-refractivity contribution < 1.29 is 14.7 Å². The second kappa shape index (κ2) is 17.2. The predicted molar refractivity (Wildman–Crippen MR) is 246 cm³/mol. The molecule has 3 N–H and O–H groups in total. The van der Waals surface area contributed by atoms with Crippen molar-refractivity contribution in [3.8, 4) is 11.4 Å². The molecule has 0 fully saturated rings. The molecule has 0 aliphatic rings. The van der Waals surface area contributed by atoms with Crippen LogP contribution in [0.4, 0.5) is 11.6 Å². The number of nitrogens with zero attached hydrogens (tertiary/aromatic N) is 8. The fraction of sp³-hybridized carbons (Fsp3) is 0.0870. The Morgan fingerprint density at radius 3 is 1.59 bits per heavy atom. The van der Waals surface area contributed by atoms with Gasteiger partial charge in [-0.05, 0) is 67.1 Å². The lowest BCUT2D eigenvalue weighted by Crippen LogP contribution is -2.26. The number of hydrogen-bond acceptors (Lipinski definition) is 14. The number of aromatic carboxylic acids is 1. The molecule has 4 aromatic carbocycles. The maximum Gasteiger partial charge on any atom is 0.336 e. The Bertz CT molecular complexity index is 3460. The number of carbonyl (C=O) groups excluding carboxylic acids is 1. The van der Waals surface area contributed by atoms with Crippen LogP contribution in [0.2, 0.25) is 0 Å². The molecule has 17 heteroatoms. The molecule has 0 unspecified atom stereocenters. The fourth-order valence-electron chi connectivity index (χ4n) is 7.55. The van der Waals surface area contributed by atoms with Crippen LogP contribution in [-0.4, -0.2) is 56.4 Å². The van der Waals surface area contributed by atoms with E-state index in [2.05, 4.69) is 40.5 Å². The van der Waals surface area contributed by atoms with E-state index in [9.17, 15) is 24.3 Å². The summed E-state index contributed by atoms with van der Waals surface area (Å²) >= 11 is 2.86. The zero-order valence-electron chi connectivity index (χ0n) is 33.4. The van der Waals surface area contributed by atoms with Crippen LogP contribution in [0.3, 0.4) is 0 Å². The van der Waals surface area contributed by atoms with E-state index >= 15 is 0 Å². The molecule has 0 saturated heterocycles. The summed E-state index contributed by atoms with van der Waals surface area (Å²) in [6.07, 6.45) is 3.69. The monoisotopic (exact) mass is 870 g/mol. The van der Waals surface area contributed by atoms with E-state index in [0.29, 0.717) is 55.8 Å². The van der Waals surface area contributed by atoms with Gasteiger partial charge < -0.3 is 15.7 Å². The standard InChI is InChI=1S/C23H17N5O3S.C23H17N5O2S/c1-13(27-20-19-21(25-11-24-20)32-12-26-19)17-10-14-6-5-9-16(23(30)31)18(14)22(29)28(17)15-7-3-2-4-8-15;1-14(27-21-20-22(25-12-24-21)31-13-26-20)18-10-15-6-5-7-16(11-29)19(15)23(30)28(18)17-8-3-2-4-9-17/h2-13H,1H3,(H,30,31)(H,24,25,27);2-14H,1H3,(H,24,25,27)/t13-;14-/m00/s1. The Kier molecular flexibility index (Phi) is 11.0. The lowest BCUT2D eigenvalue weighted by atomic mass is 10.0. The summed E-state index contributed by atoms with van der Waals surface area (Å²) in [5.41, 5.74) is 7.28. The first-order chi connectivity index (χ1) is 30.7. The van der Waals surface area contributed by atoms with Crippen LogP contribution in [0.5, 0.6) is 0 Å². The molecule has 6 aromatic heterocycles. The zero-order chi connectivity index (χ0) is 43.6. The van der Waals surface area contributed by atoms with E-state index in [-0.39, 0.29) is 28.6 Å². The number of nitrogens with one attached hydrogen (secondary N) is 2. The Morgan fingerprint density at radius 2 is 1.10 bits per heavy atom. The van der Waals surface area contributed by atoms with Crippen molar-refractivity contribution in [2.24, 2.45) is 0 Å². The zero-order valence-corrected chi connectivity index (χ0v) is 35.0. The van der Waals surface area contributed by atoms with Gasteiger partial charge in [-0.15, -0.1) is 22.7 Å². The first-order valence-electron chi connectivity index (χ1n) is 19.5. The predicted octanol–water partition coefficient (Wildman–Crippen LogP) is 8.64. The fourth-order valence-corrected chi connectivity index (χ4v) is 8.80. The van der Waals surface area contributed by atoms with Gasteiger partial charge in [-0.3, -0.25) is 23.5 Å². The average Bonchev–Trinajstić information content (AvgIpc) is 4.01. The van der Waals surface area contributed by atoms with E-state index in [4.69, 9.17) is 0 Å². The number of para-hydroxylation sites is 2. The third-order valence-electron chi connectivity index (χ3n) is 10.4. The van der Waals surface area contributed by atoms with Gasteiger partial charge in [-0.1, -0.05) is 66.7 Å². The van der Waals surface area contributed by atoms with Gasteiger partial charge in [0.1, 0.15) is 33.3 Å². The molecular formula is C46H34N10O5S2. The summed E-state index contributed by atoms with van der Waals surface area (Å²) in [4.78, 5) is 78.0. The molecule has 10 rings (SSSR count). The summed E-state index contributed by atoms with van der Waals surface area (Å²) < 4.78 is 3.19. The van der Waals surface area contributed by atoms with Crippen LogP contribution in [0, 0.1) is 0 Å². The van der Waals surface area contributed by atoms with Crippen LogP contribution >= 0.6 is 22.7 Å². The number of pyridine rings is 2. The molecule has 10 aromatic rings. The highest BCUT2D eigenvalue weighted by atomic mass is 32.1. The largest absolute Gasteiger partial charge is 0.478 e. The molecule has 0 spiro atoms. The second-order valence-corrected chi connectivity index (χ2v) is 16.0. The highest BCUT2D eigenvalue weighted by molar-refractivity contribution is 7.16. The number of carbonyl (C=O) groups is 2.